The lowest BCUT2D eigenvalue weighted by molar-refractivity contribution is -0.111. The molecule has 100 valence electrons. The van der Waals surface area contributed by atoms with E-state index in [1.807, 2.05) is 5.37 Å². The van der Waals surface area contributed by atoms with Crippen LogP contribution in [0, 0.1) is 0 Å². The molecule has 0 saturated carbocycles. The van der Waals surface area contributed by atoms with Crippen molar-refractivity contribution in [1.82, 2.24) is 0 Å². The summed E-state index contributed by atoms with van der Waals surface area (Å²) in [5.74, 6) is 0. The second-order valence-electron chi connectivity index (χ2n) is 4.60. The van der Waals surface area contributed by atoms with Gasteiger partial charge in [-0.2, -0.15) is 0 Å². The maximum atomic E-state index is 10.5. The van der Waals surface area contributed by atoms with E-state index in [9.17, 15) is 4.79 Å². The van der Waals surface area contributed by atoms with E-state index in [0.29, 0.717) is 6.42 Å². The number of unbranched alkanes of at least 4 members (excludes halogenated alkanes) is 10. The number of carbonyl (C=O) groups excluding carboxylic acids is 1. The molecule has 0 aromatic heterocycles. The van der Waals surface area contributed by atoms with Gasteiger partial charge in [-0.25, -0.2) is 0 Å². The summed E-state index contributed by atoms with van der Waals surface area (Å²) in [4.78, 5) is 10.5. The lowest BCUT2D eigenvalue weighted by Crippen LogP contribution is -1.86. The van der Waals surface area contributed by atoms with Crippen LogP contribution in [0.2, 0.25) is 0 Å². The van der Waals surface area contributed by atoms with Crippen molar-refractivity contribution in [2.24, 2.45) is 0 Å². The van der Waals surface area contributed by atoms with Gasteiger partial charge >= 0.3 is 0 Å². The van der Waals surface area contributed by atoms with E-state index >= 15 is 0 Å². The average molecular weight is 277 g/mol. The minimum Gasteiger partial charge on any atom is -0.281 e. The molecule has 1 nitrogen and oxygen atoms in total. The van der Waals surface area contributed by atoms with Gasteiger partial charge in [0.15, 0.2) is 0 Å². The van der Waals surface area contributed by atoms with Gasteiger partial charge in [-0.15, -0.1) is 0 Å². The first kappa shape index (κ1) is 17.1. The molecule has 0 aromatic carbocycles. The zero-order valence-corrected chi connectivity index (χ0v) is 12.3. The van der Waals surface area contributed by atoms with Crippen LogP contribution in [0.5, 0.6) is 0 Å². The second-order valence-corrected chi connectivity index (χ2v) is 5.35. The monoisotopic (exact) mass is 276 g/mol. The van der Waals surface area contributed by atoms with E-state index in [1.165, 1.54) is 51.4 Å². The fourth-order valence-electron chi connectivity index (χ4n) is 1.91. The standard InChI is InChI=1S/C14H25ClOS/c15-14(16)12-10-8-6-4-2-1-3-5-7-9-11-13-17/h13H,1-12H2. The number of hydrogen-bond donors (Lipinski definition) is 0. The Bertz CT molecular complexity index is 195. The van der Waals surface area contributed by atoms with Crippen molar-refractivity contribution in [3.05, 3.63) is 0 Å². The van der Waals surface area contributed by atoms with Crippen LogP contribution in [0.3, 0.4) is 0 Å². The first-order valence-electron chi connectivity index (χ1n) is 6.89. The van der Waals surface area contributed by atoms with E-state index < -0.39 is 0 Å². The van der Waals surface area contributed by atoms with E-state index in [2.05, 4.69) is 0 Å². The summed E-state index contributed by atoms with van der Waals surface area (Å²) in [5.41, 5.74) is 0. The maximum Gasteiger partial charge on any atom is 0.221 e. The molecule has 0 aliphatic rings. The summed E-state index contributed by atoms with van der Waals surface area (Å²) < 4.78 is 0. The summed E-state index contributed by atoms with van der Waals surface area (Å²) in [6.45, 7) is 0. The van der Waals surface area contributed by atoms with E-state index in [4.69, 9.17) is 23.8 Å². The lowest BCUT2D eigenvalue weighted by Gasteiger charge is -2.01. The Balaban J connectivity index is 2.94. The van der Waals surface area contributed by atoms with Crippen LogP contribution >= 0.6 is 23.8 Å². The van der Waals surface area contributed by atoms with Gasteiger partial charge in [-0.1, -0.05) is 63.6 Å². The summed E-state index contributed by atoms with van der Waals surface area (Å²) in [6.07, 6.45) is 14.3. The van der Waals surface area contributed by atoms with Crippen molar-refractivity contribution in [1.29, 1.82) is 0 Å². The Labute approximate surface area is 116 Å². The molecule has 0 unspecified atom stereocenters. The van der Waals surface area contributed by atoms with Gasteiger partial charge in [0.05, 0.1) is 0 Å². The highest BCUT2D eigenvalue weighted by molar-refractivity contribution is 7.78. The number of rotatable bonds is 13. The van der Waals surface area contributed by atoms with Gasteiger partial charge in [0.1, 0.15) is 0 Å². The van der Waals surface area contributed by atoms with Crippen LogP contribution in [0.25, 0.3) is 0 Å². The third-order valence-corrected chi connectivity index (χ3v) is 3.37. The normalized spacial score (nSPS) is 10.4. The molecule has 0 rings (SSSR count). The van der Waals surface area contributed by atoms with Gasteiger partial charge in [0.25, 0.3) is 0 Å². The van der Waals surface area contributed by atoms with Gasteiger partial charge in [0, 0.05) is 6.42 Å². The third kappa shape index (κ3) is 16.1. The molecule has 0 heterocycles. The van der Waals surface area contributed by atoms with Crippen LogP contribution in [-0.2, 0) is 4.79 Å². The van der Waals surface area contributed by atoms with Crippen LogP contribution < -0.4 is 0 Å². The molecule has 0 spiro atoms. The van der Waals surface area contributed by atoms with E-state index in [0.717, 1.165) is 19.3 Å². The quantitative estimate of drug-likeness (QED) is 0.253. The Morgan fingerprint density at radius 2 is 1.24 bits per heavy atom. The van der Waals surface area contributed by atoms with Crippen molar-refractivity contribution < 1.29 is 4.79 Å². The summed E-state index contributed by atoms with van der Waals surface area (Å²) in [7, 11) is 0. The van der Waals surface area contributed by atoms with Crippen molar-refractivity contribution >= 4 is 34.4 Å². The molecule has 17 heavy (non-hydrogen) atoms. The highest BCUT2D eigenvalue weighted by Gasteiger charge is 1.96. The highest BCUT2D eigenvalue weighted by Crippen LogP contribution is 2.12. The average Bonchev–Trinajstić information content (AvgIpc) is 2.30. The SMILES string of the molecule is O=C(Cl)CCCCCCCCCCCCC=S. The molecular weight excluding hydrogens is 252 g/mol. The maximum absolute atomic E-state index is 10.5. The molecule has 3 heteroatoms. The Morgan fingerprint density at radius 1 is 0.824 bits per heavy atom. The number of hydrogen-bond acceptors (Lipinski definition) is 2. The van der Waals surface area contributed by atoms with Gasteiger partial charge in [-0.3, -0.25) is 4.79 Å². The fraction of sp³-hybridized carbons (Fsp3) is 0.857. The van der Waals surface area contributed by atoms with Gasteiger partial charge < -0.3 is 0 Å². The molecule has 0 aromatic rings. The Kier molecular flexibility index (Phi) is 14.2. The predicted molar refractivity (Wildman–Crippen MR) is 79.9 cm³/mol. The topological polar surface area (TPSA) is 17.1 Å². The van der Waals surface area contributed by atoms with Crippen LogP contribution in [0.1, 0.15) is 77.0 Å². The van der Waals surface area contributed by atoms with Crippen LogP contribution in [0.15, 0.2) is 0 Å². The smallest absolute Gasteiger partial charge is 0.221 e. The molecule has 0 bridgehead atoms. The molecule has 0 radical (unpaired) electrons. The third-order valence-electron chi connectivity index (χ3n) is 2.95. The van der Waals surface area contributed by atoms with Crippen molar-refractivity contribution in [3.63, 3.8) is 0 Å². The first-order chi connectivity index (χ1) is 8.27. The minimum atomic E-state index is -0.193. The van der Waals surface area contributed by atoms with Crippen molar-refractivity contribution in [3.8, 4) is 0 Å². The predicted octanol–water partition coefficient (Wildman–Crippen LogP) is 5.43. The number of carbonyl (C=O) groups is 1. The van der Waals surface area contributed by atoms with Crippen LogP contribution in [-0.4, -0.2) is 10.6 Å². The molecule has 0 aliphatic carbocycles. The van der Waals surface area contributed by atoms with Gasteiger partial charge in [0.2, 0.25) is 5.24 Å². The number of halogens is 1. The Morgan fingerprint density at radius 3 is 1.65 bits per heavy atom. The summed E-state index contributed by atoms with van der Waals surface area (Å²) in [5, 5.41) is 1.65. The molecule has 0 amide bonds. The van der Waals surface area contributed by atoms with Crippen LogP contribution in [0.4, 0.5) is 0 Å². The van der Waals surface area contributed by atoms with Crippen molar-refractivity contribution in [2.75, 3.05) is 0 Å². The Hall–Kier alpha value is 0.0500. The lowest BCUT2D eigenvalue weighted by atomic mass is 10.1. The number of thiocarbonyl (C=S) groups is 1. The second kappa shape index (κ2) is 14.1. The summed E-state index contributed by atoms with van der Waals surface area (Å²) in [6, 6.07) is 0. The molecule has 0 N–H and O–H groups in total. The molecule has 0 aliphatic heterocycles. The zero-order chi connectivity index (χ0) is 12.8. The summed E-state index contributed by atoms with van der Waals surface area (Å²) >= 11 is 10.0. The van der Waals surface area contributed by atoms with E-state index in [-0.39, 0.29) is 5.24 Å². The largest absolute Gasteiger partial charge is 0.281 e. The molecule has 0 atom stereocenters. The molecular formula is C14H25ClOS. The van der Waals surface area contributed by atoms with Crippen molar-refractivity contribution in [2.45, 2.75) is 77.0 Å². The molecule has 0 fully saturated rings. The molecule has 0 saturated heterocycles. The highest BCUT2D eigenvalue weighted by atomic mass is 35.5. The minimum absolute atomic E-state index is 0.193. The fourth-order valence-corrected chi connectivity index (χ4v) is 2.21. The first-order valence-corrected chi connectivity index (χ1v) is 7.74. The van der Waals surface area contributed by atoms with E-state index in [1.54, 1.807) is 0 Å². The zero-order valence-electron chi connectivity index (χ0n) is 10.8. The van der Waals surface area contributed by atoms with Gasteiger partial charge in [-0.05, 0) is 36.2 Å².